The normalized spacial score (nSPS) is 15.2. The van der Waals surface area contributed by atoms with Gasteiger partial charge in [0.25, 0.3) is 10.0 Å². The van der Waals surface area contributed by atoms with Crippen LogP contribution in [-0.4, -0.2) is 25.7 Å². The van der Waals surface area contributed by atoms with Gasteiger partial charge in [-0.25, -0.2) is 4.99 Å². The van der Waals surface area contributed by atoms with Crippen LogP contribution in [0.5, 0.6) is 0 Å². The fraction of sp³-hybridized carbons (Fsp3) is 0.0500. The Bertz CT molecular complexity index is 1120. The van der Waals surface area contributed by atoms with E-state index in [1.165, 1.54) is 24.3 Å². The second-order valence-electron chi connectivity index (χ2n) is 5.92. The molecule has 142 valence electrons. The molecule has 2 aromatic carbocycles. The molecular weight excluding hydrogens is 419 g/mol. The van der Waals surface area contributed by atoms with Crippen LogP contribution in [-0.2, 0) is 14.8 Å². The standard InChI is InChI=1S/C20H14Cl2N2O3S/c1-13-7-9-16(10-8-13)28(26,27)24-20(14-5-3-2-4-6-14)23-15-11-17(21)19(25)18(22)12-15/h2-12H,1H3/b24-20+. The van der Waals surface area contributed by atoms with Gasteiger partial charge in [-0.3, -0.25) is 4.79 Å². The number of hydrogen-bond acceptors (Lipinski definition) is 3. The molecule has 1 aliphatic rings. The van der Waals surface area contributed by atoms with E-state index in [4.69, 9.17) is 23.2 Å². The third kappa shape index (κ3) is 4.65. The fourth-order valence-electron chi connectivity index (χ4n) is 2.34. The van der Waals surface area contributed by atoms with Gasteiger partial charge in [-0.1, -0.05) is 71.2 Å². The summed E-state index contributed by atoms with van der Waals surface area (Å²) in [5.41, 5.74) is 1.63. The van der Waals surface area contributed by atoms with Gasteiger partial charge in [-0.15, -0.1) is 4.40 Å². The summed E-state index contributed by atoms with van der Waals surface area (Å²) < 4.78 is 29.4. The van der Waals surface area contributed by atoms with E-state index in [1.54, 1.807) is 42.5 Å². The molecule has 0 unspecified atom stereocenters. The lowest BCUT2D eigenvalue weighted by Crippen LogP contribution is -2.11. The molecule has 0 fully saturated rings. The summed E-state index contributed by atoms with van der Waals surface area (Å²) in [6.07, 6.45) is 2.62. The van der Waals surface area contributed by atoms with E-state index in [2.05, 4.69) is 9.39 Å². The van der Waals surface area contributed by atoms with Crippen LogP contribution in [0.4, 0.5) is 0 Å². The Morgan fingerprint density at radius 3 is 2.04 bits per heavy atom. The summed E-state index contributed by atoms with van der Waals surface area (Å²) in [6, 6.07) is 15.0. The molecule has 0 atom stereocenters. The maximum atomic E-state index is 12.8. The molecule has 0 N–H and O–H groups in total. The van der Waals surface area contributed by atoms with E-state index in [0.717, 1.165) is 5.56 Å². The third-order valence-electron chi connectivity index (χ3n) is 3.78. The van der Waals surface area contributed by atoms with E-state index < -0.39 is 15.8 Å². The van der Waals surface area contributed by atoms with Gasteiger partial charge in [0.2, 0.25) is 5.78 Å². The van der Waals surface area contributed by atoms with Gasteiger partial charge in [-0.2, -0.15) is 8.42 Å². The van der Waals surface area contributed by atoms with Crippen molar-refractivity contribution in [2.75, 3.05) is 0 Å². The number of nitrogens with zero attached hydrogens (tertiary/aromatic N) is 2. The molecule has 8 heteroatoms. The molecule has 0 radical (unpaired) electrons. The van der Waals surface area contributed by atoms with Crippen LogP contribution in [0.1, 0.15) is 11.1 Å². The zero-order chi connectivity index (χ0) is 20.3. The van der Waals surface area contributed by atoms with E-state index in [9.17, 15) is 13.2 Å². The van der Waals surface area contributed by atoms with E-state index in [1.807, 2.05) is 6.92 Å². The summed E-state index contributed by atoms with van der Waals surface area (Å²) >= 11 is 11.8. The van der Waals surface area contributed by atoms with Gasteiger partial charge in [0.15, 0.2) is 5.84 Å². The molecule has 0 saturated carbocycles. The summed E-state index contributed by atoms with van der Waals surface area (Å²) in [5, 5.41) is -0.222. The summed E-state index contributed by atoms with van der Waals surface area (Å²) in [7, 11) is -4.01. The molecule has 5 nitrogen and oxygen atoms in total. The number of sulfonamides is 1. The average molecular weight is 433 g/mol. The van der Waals surface area contributed by atoms with Gasteiger partial charge >= 0.3 is 0 Å². The number of Topliss-reactive ketones (excluding diaryl/α,β-unsaturated/α-hetero) is 1. The first-order valence-corrected chi connectivity index (χ1v) is 10.3. The molecule has 2 aromatic rings. The van der Waals surface area contributed by atoms with Crippen molar-refractivity contribution in [3.63, 3.8) is 0 Å². The molecule has 0 aromatic heterocycles. The lowest BCUT2D eigenvalue weighted by Gasteiger charge is -2.08. The first-order valence-electron chi connectivity index (χ1n) is 8.11. The number of ketones is 1. The van der Waals surface area contributed by atoms with Crippen molar-refractivity contribution in [1.29, 1.82) is 0 Å². The van der Waals surface area contributed by atoms with Crippen LogP contribution in [0, 0.1) is 6.92 Å². The summed E-state index contributed by atoms with van der Waals surface area (Å²) in [4.78, 5) is 16.0. The van der Waals surface area contributed by atoms with Crippen molar-refractivity contribution in [2.45, 2.75) is 11.8 Å². The van der Waals surface area contributed by atoms with Crippen molar-refractivity contribution in [3.05, 3.63) is 87.9 Å². The number of aryl methyl sites for hydroxylation is 1. The molecule has 0 amide bonds. The highest BCUT2D eigenvalue weighted by Gasteiger charge is 2.19. The Labute approximate surface area is 172 Å². The first-order chi connectivity index (χ1) is 13.3. The Morgan fingerprint density at radius 2 is 1.46 bits per heavy atom. The maximum Gasteiger partial charge on any atom is 0.284 e. The van der Waals surface area contributed by atoms with Gasteiger partial charge in [0.05, 0.1) is 20.7 Å². The number of amidine groups is 1. The highest BCUT2D eigenvalue weighted by Crippen LogP contribution is 2.21. The number of aliphatic imine (C=N–C) groups is 1. The summed E-state index contributed by atoms with van der Waals surface area (Å²) in [5.74, 6) is -0.570. The van der Waals surface area contributed by atoms with Crippen molar-refractivity contribution in [3.8, 4) is 0 Å². The number of halogens is 2. The first kappa shape index (κ1) is 20.2. The summed E-state index contributed by atoms with van der Waals surface area (Å²) in [6.45, 7) is 1.86. The lowest BCUT2D eigenvalue weighted by atomic mass is 10.1. The van der Waals surface area contributed by atoms with E-state index >= 15 is 0 Å². The average Bonchev–Trinajstić information content (AvgIpc) is 2.66. The molecule has 0 saturated heterocycles. The Morgan fingerprint density at radius 1 is 0.893 bits per heavy atom. The Kier molecular flexibility index (Phi) is 5.93. The van der Waals surface area contributed by atoms with Gasteiger partial charge in [0, 0.05) is 5.56 Å². The zero-order valence-corrected chi connectivity index (χ0v) is 17.0. The second-order valence-corrected chi connectivity index (χ2v) is 8.34. The molecule has 0 heterocycles. The topological polar surface area (TPSA) is 75.9 Å². The Balaban J connectivity index is 2.14. The molecule has 0 spiro atoms. The number of hydrogen-bond donors (Lipinski definition) is 0. The second kappa shape index (κ2) is 8.22. The predicted octanol–water partition coefficient (Wildman–Crippen LogP) is 4.40. The van der Waals surface area contributed by atoms with Crippen molar-refractivity contribution >= 4 is 50.6 Å². The number of carbonyl (C=O) groups is 1. The van der Waals surface area contributed by atoms with Crippen molar-refractivity contribution < 1.29 is 13.2 Å². The lowest BCUT2D eigenvalue weighted by molar-refractivity contribution is -0.111. The molecule has 28 heavy (non-hydrogen) atoms. The molecule has 1 aliphatic carbocycles. The highest BCUT2D eigenvalue weighted by molar-refractivity contribution is 7.90. The quantitative estimate of drug-likeness (QED) is 0.409. The smallest absolute Gasteiger partial charge is 0.284 e. The van der Waals surface area contributed by atoms with Crippen LogP contribution in [0.2, 0.25) is 0 Å². The monoisotopic (exact) mass is 432 g/mol. The van der Waals surface area contributed by atoms with Crippen LogP contribution in [0.3, 0.4) is 0 Å². The minimum Gasteiger partial charge on any atom is -0.287 e. The molecular formula is C20H14Cl2N2O3S. The molecule has 0 bridgehead atoms. The van der Waals surface area contributed by atoms with Crippen LogP contribution < -0.4 is 0 Å². The SMILES string of the molecule is Cc1ccc(S(=O)(=O)/N=C(/N=C2C=C(Cl)C(=O)C(Cl)=C2)c2ccccc2)cc1. The number of benzene rings is 2. The fourth-order valence-corrected chi connectivity index (χ4v) is 3.77. The van der Waals surface area contributed by atoms with Gasteiger partial charge in [0.1, 0.15) is 0 Å². The third-order valence-corrected chi connectivity index (χ3v) is 5.62. The zero-order valence-electron chi connectivity index (χ0n) is 14.6. The maximum absolute atomic E-state index is 12.8. The molecule has 0 aliphatic heterocycles. The van der Waals surface area contributed by atoms with E-state index in [0.29, 0.717) is 5.56 Å². The predicted molar refractivity (Wildman–Crippen MR) is 112 cm³/mol. The van der Waals surface area contributed by atoms with Crippen molar-refractivity contribution in [1.82, 2.24) is 0 Å². The largest absolute Gasteiger partial charge is 0.287 e. The highest BCUT2D eigenvalue weighted by atomic mass is 35.5. The van der Waals surface area contributed by atoms with E-state index in [-0.39, 0.29) is 26.5 Å². The van der Waals surface area contributed by atoms with Crippen LogP contribution >= 0.6 is 23.2 Å². The molecule has 3 rings (SSSR count). The van der Waals surface area contributed by atoms with Crippen LogP contribution in [0.15, 0.2) is 91.1 Å². The number of rotatable bonds is 3. The minimum absolute atomic E-state index is 0.0488. The number of allylic oxidation sites excluding steroid dienone is 4. The van der Waals surface area contributed by atoms with Gasteiger partial charge in [-0.05, 0) is 31.2 Å². The Hall–Kier alpha value is -2.54. The van der Waals surface area contributed by atoms with Crippen molar-refractivity contribution in [2.24, 2.45) is 9.39 Å². The van der Waals surface area contributed by atoms with Gasteiger partial charge < -0.3 is 0 Å². The van der Waals surface area contributed by atoms with Crippen LogP contribution in [0.25, 0.3) is 0 Å². The number of carbonyl (C=O) groups excluding carboxylic acids is 1. The minimum atomic E-state index is -4.01.